The lowest BCUT2D eigenvalue weighted by atomic mass is 10.2. The summed E-state index contributed by atoms with van der Waals surface area (Å²) in [6, 6.07) is 44.7. The van der Waals surface area contributed by atoms with E-state index in [1.165, 1.54) is 80.4 Å². The summed E-state index contributed by atoms with van der Waals surface area (Å²) in [4.78, 5) is 148. The molecule has 1 aliphatic heterocycles. The molecular formula is C104H85ClF3N29O13. The molecule has 42 nitrogen and oxygen atoms in total. The molecule has 752 valence electrons. The van der Waals surface area contributed by atoms with Gasteiger partial charge in [-0.2, -0.15) is 35.2 Å². The highest BCUT2D eigenvalue weighted by molar-refractivity contribution is 6.30. The van der Waals surface area contributed by atoms with Crippen LogP contribution in [0.5, 0.6) is 51.7 Å². The van der Waals surface area contributed by atoms with E-state index in [0.29, 0.717) is 137 Å². The van der Waals surface area contributed by atoms with E-state index >= 15 is 0 Å². The summed E-state index contributed by atoms with van der Waals surface area (Å²) in [6.45, 7) is 16.6. The maximum absolute atomic E-state index is 14.5. The van der Waals surface area contributed by atoms with Gasteiger partial charge in [0.1, 0.15) is 28.7 Å². The lowest BCUT2D eigenvalue weighted by Crippen LogP contribution is -2.40. The molecule has 13 aromatic heterocycles. The van der Waals surface area contributed by atoms with Gasteiger partial charge in [-0.05, 0) is 195 Å². The molecule has 6 aromatic carbocycles. The summed E-state index contributed by atoms with van der Waals surface area (Å²) in [7, 11) is 6.87. The number of halogens is 4. The number of aryl methyl sites for hydroxylation is 3. The van der Waals surface area contributed by atoms with Crippen LogP contribution in [0.2, 0.25) is 5.02 Å². The maximum Gasteiger partial charge on any atom is 0.299 e. The Morgan fingerprint density at radius 1 is 0.380 bits per heavy atom. The van der Waals surface area contributed by atoms with E-state index in [4.69, 9.17) is 35.3 Å². The Balaban J connectivity index is 0.000000136. The molecule has 1 aliphatic rings. The fourth-order valence-electron chi connectivity index (χ4n) is 14.9. The van der Waals surface area contributed by atoms with Crippen molar-refractivity contribution in [2.24, 2.45) is 21.1 Å². The van der Waals surface area contributed by atoms with Crippen molar-refractivity contribution in [3.8, 4) is 68.8 Å². The van der Waals surface area contributed by atoms with Crippen molar-refractivity contribution in [1.29, 1.82) is 0 Å². The average molecular weight is 2040 g/mol. The Morgan fingerprint density at radius 2 is 0.780 bits per heavy atom. The smallest absolute Gasteiger partial charge is 0.299 e. The van der Waals surface area contributed by atoms with E-state index in [1.807, 2.05) is 0 Å². The molecule has 0 aliphatic carbocycles. The van der Waals surface area contributed by atoms with E-state index in [0.717, 1.165) is 49.9 Å². The van der Waals surface area contributed by atoms with Crippen LogP contribution in [0, 0.1) is 17.5 Å². The second-order valence-corrected chi connectivity index (χ2v) is 32.9. The Labute approximate surface area is 851 Å². The van der Waals surface area contributed by atoms with Crippen LogP contribution in [0.25, 0.3) is 61.2 Å². The molecule has 0 unspecified atom stereocenters. The first kappa shape index (κ1) is 101. The zero-order valence-electron chi connectivity index (χ0n) is 79.7. The van der Waals surface area contributed by atoms with Gasteiger partial charge >= 0.3 is 0 Å². The summed E-state index contributed by atoms with van der Waals surface area (Å²) in [5.74, 6) is -2.30. The second kappa shape index (κ2) is 45.8. The molecule has 8 N–H and O–H groups in total. The number of hydrogen-bond donors (Lipinski definition) is 8. The average Bonchev–Trinajstić information content (AvgIpc) is 0.823. The number of hydrogen-bond acceptors (Lipinski definition) is 31. The maximum atomic E-state index is 14.5. The second-order valence-electron chi connectivity index (χ2n) is 32.5. The number of benzene rings is 6. The van der Waals surface area contributed by atoms with Crippen LogP contribution in [0.15, 0.2) is 332 Å². The molecule has 19 aromatic rings. The van der Waals surface area contributed by atoms with Gasteiger partial charge in [0.25, 0.3) is 22.2 Å². The molecule has 0 atom stereocenters. The zero-order valence-corrected chi connectivity index (χ0v) is 80.5. The fraction of sp³-hybridized carbons (Fsp3) is 0.0865. The van der Waals surface area contributed by atoms with Gasteiger partial charge in [-0.25, -0.2) is 33.1 Å². The van der Waals surface area contributed by atoms with Crippen LogP contribution in [0.4, 0.5) is 82.5 Å². The van der Waals surface area contributed by atoms with Crippen molar-refractivity contribution in [3.05, 3.63) is 377 Å². The third kappa shape index (κ3) is 24.5. The molecule has 1 saturated heterocycles. The number of anilines is 12. The fourth-order valence-corrected chi connectivity index (χ4v) is 15.0. The minimum Gasteiger partial charge on any atom is -0.495 e. The topological polar surface area (TPSA) is 484 Å². The number of nitrogens with one attached hydrogen (secondary N) is 8. The largest absolute Gasteiger partial charge is 0.495 e. The van der Waals surface area contributed by atoms with Crippen molar-refractivity contribution >= 4 is 149 Å². The molecule has 0 saturated carbocycles. The predicted molar refractivity (Wildman–Crippen MR) is 558 cm³/mol. The lowest BCUT2D eigenvalue weighted by molar-refractivity contribution is -0.112. The number of aromatic nitrogens is 20. The standard InChI is InChI=1S/C28H26F2N6O4.C26H19ClFN7O3.2C25H20N8O3/c1-3-25(37)32-19-6-8-23(39-2)21(15-19)33-28-31-16-17-13-24(40-22-7-5-18(29)14-20(22)30)27(38)36(26(17)34-28)12-11-35-9-4-10-35;1-3-23(36)31-17-5-4-6-19(11-17)35-24-15(12-29-26(33-24)32-18-13-30-34(2)14-18)9-22(25(35)37)38-21-8-7-16(27)10-20(21)28;1-3-22(34)29-17-6-4-7-19(11-17)33-23-16(10-21(24(33)35)36-20-8-5-9-26-14-20)12-27-25(31-23)30-18-13-28-32(2)15-18;1-3-22(34)29-17-5-4-6-19(12-17)33-23-16(11-21(24(33)35)36-20-7-9-26-10-8-20)13-27-25(31-23)30-18-14-28-32(2)15-18/h3,5-8,13-16H,1,4,9-12H2,2H3,(H,32,37)(H,31,33,34);3-14H,1H2,2H3,(H,31,36)(H,29,32,33);2*3-15H,1H2,2H3,(H,29,34)(H,27,30,31). The van der Waals surface area contributed by atoms with Crippen molar-refractivity contribution in [2.75, 3.05) is 69.3 Å². The van der Waals surface area contributed by atoms with Crippen LogP contribution in [0.3, 0.4) is 0 Å². The highest BCUT2D eigenvalue weighted by Crippen LogP contribution is 2.36. The van der Waals surface area contributed by atoms with Gasteiger partial charge in [0, 0.05) is 152 Å². The number of nitrogens with zero attached hydrogens (tertiary/aromatic N) is 21. The number of carbonyl (C=O) groups excluding carboxylic acids is 4. The van der Waals surface area contributed by atoms with Gasteiger partial charge in [0.15, 0.2) is 63.1 Å². The Hall–Kier alpha value is -20.5. The summed E-state index contributed by atoms with van der Waals surface area (Å²) in [6.07, 6.45) is 28.3. The van der Waals surface area contributed by atoms with Gasteiger partial charge in [-0.15, -0.1) is 0 Å². The molecule has 46 heteroatoms. The minimum atomic E-state index is -0.928. The van der Waals surface area contributed by atoms with Gasteiger partial charge < -0.3 is 71.1 Å². The molecule has 20 rings (SSSR count). The van der Waals surface area contributed by atoms with Crippen molar-refractivity contribution in [3.63, 3.8) is 0 Å². The number of rotatable bonds is 31. The van der Waals surface area contributed by atoms with E-state index in [9.17, 15) is 51.5 Å². The molecule has 4 amide bonds. The molecule has 1 fully saturated rings. The summed E-state index contributed by atoms with van der Waals surface area (Å²) in [5, 5.41) is 37.6. The van der Waals surface area contributed by atoms with E-state index in [2.05, 4.69) is 139 Å². The van der Waals surface area contributed by atoms with Crippen LogP contribution in [0.1, 0.15) is 6.42 Å². The first-order valence-electron chi connectivity index (χ1n) is 45.2. The van der Waals surface area contributed by atoms with E-state index in [-0.39, 0.29) is 86.7 Å². The number of carbonyl (C=O) groups is 4. The highest BCUT2D eigenvalue weighted by atomic mass is 35.5. The number of amides is 4. The Morgan fingerprint density at radius 3 is 1.18 bits per heavy atom. The van der Waals surface area contributed by atoms with Gasteiger partial charge in [-0.1, -0.05) is 56.1 Å². The number of pyridine rings is 6. The summed E-state index contributed by atoms with van der Waals surface area (Å²) < 4.78 is 81.0. The van der Waals surface area contributed by atoms with Crippen molar-refractivity contribution in [1.82, 2.24) is 102 Å². The van der Waals surface area contributed by atoms with Crippen LogP contribution in [-0.2, 0) is 46.9 Å². The molecule has 14 heterocycles. The SMILES string of the molecule is C=CC(=O)Nc1ccc(OC)c(Nc2ncc3cc(Oc4ccc(F)cc4F)c(=O)n(CCN4CCC4)c3n2)c1.C=CC(=O)Nc1cccc(-n2c(=O)c(Oc3ccc(Cl)cc3F)cc3cnc(Nc4cnn(C)c4)nc32)c1.C=CC(=O)Nc1cccc(-n2c(=O)c(Oc3cccnc3)cc3cnc(Nc4cnn(C)c4)nc32)c1.C=CC(=O)Nc1cccc(-n2c(=O)c(Oc3ccncc3)cc3cnc(Nc4cnn(C)c4)nc32)c1. The number of ether oxygens (including phenoxy) is 5. The highest BCUT2D eigenvalue weighted by Gasteiger charge is 2.26. The van der Waals surface area contributed by atoms with E-state index in [1.54, 1.807) is 231 Å². The van der Waals surface area contributed by atoms with Crippen LogP contribution >= 0.6 is 11.6 Å². The van der Waals surface area contributed by atoms with Crippen molar-refractivity contribution in [2.45, 2.75) is 13.0 Å². The monoisotopic (exact) mass is 2040 g/mol. The predicted octanol–water partition coefficient (Wildman–Crippen LogP) is 16.6. The first-order valence-corrected chi connectivity index (χ1v) is 45.6. The van der Waals surface area contributed by atoms with E-state index < -0.39 is 45.6 Å². The quantitative estimate of drug-likeness (QED) is 0.0187. The van der Waals surface area contributed by atoms with Gasteiger partial charge in [0.2, 0.25) is 47.4 Å². The van der Waals surface area contributed by atoms with Crippen molar-refractivity contribution < 1.29 is 56.0 Å². The summed E-state index contributed by atoms with van der Waals surface area (Å²) in [5.41, 5.74) is 4.93. The first-order chi connectivity index (χ1) is 72.6. The Bertz CT molecular complexity index is 8460. The van der Waals surface area contributed by atoms with Crippen LogP contribution < -0.4 is 88.5 Å². The number of fused-ring (bicyclic) bond motifs is 4. The molecule has 0 spiro atoms. The molecular weight excluding hydrogens is 1960 g/mol. The minimum absolute atomic E-state index is 0.0626. The number of methoxy groups -OCH3 is 1. The third-order valence-corrected chi connectivity index (χ3v) is 22.2. The molecule has 150 heavy (non-hydrogen) atoms. The third-order valence-electron chi connectivity index (χ3n) is 21.9. The normalized spacial score (nSPS) is 11.3. The van der Waals surface area contributed by atoms with Gasteiger partial charge in [0.05, 0.1) is 71.7 Å². The van der Waals surface area contributed by atoms with Crippen LogP contribution in [-0.4, -0.2) is 153 Å². The summed E-state index contributed by atoms with van der Waals surface area (Å²) >= 11 is 5.84. The molecule has 0 bridgehead atoms. The molecule has 0 radical (unpaired) electrons. The van der Waals surface area contributed by atoms with Gasteiger partial charge in [-0.3, -0.25) is 80.6 Å². The zero-order chi connectivity index (χ0) is 105. The number of likely N-dealkylation sites (tertiary alicyclic amines) is 1. The lowest BCUT2D eigenvalue weighted by Gasteiger charge is -2.30. The Kier molecular flexibility index (Phi) is 30.9.